The fourth-order valence-electron chi connectivity index (χ4n) is 1.26. The molecule has 0 amide bonds. The Kier molecular flexibility index (Phi) is 3.78. The Morgan fingerprint density at radius 1 is 1.33 bits per heavy atom. The highest BCUT2D eigenvalue weighted by molar-refractivity contribution is 5.95. The van der Waals surface area contributed by atoms with Crippen LogP contribution in [0.3, 0.4) is 0 Å². The first-order valence-electron chi connectivity index (χ1n) is 4.59. The largest absolute Gasteiger partial charge is 0.433 e. The van der Waals surface area contributed by atoms with Gasteiger partial charge < -0.3 is 10.5 Å². The van der Waals surface area contributed by atoms with Gasteiger partial charge in [-0.05, 0) is 19.1 Å². The second kappa shape index (κ2) is 4.79. The molecule has 1 rings (SSSR count). The summed E-state index contributed by atoms with van der Waals surface area (Å²) in [4.78, 5) is 11.0. The molecule has 0 heterocycles. The van der Waals surface area contributed by atoms with E-state index in [1.54, 1.807) is 0 Å². The maximum Gasteiger partial charge on any atom is 0.418 e. The number of halogens is 5. The first-order chi connectivity index (χ1) is 8.12. The van der Waals surface area contributed by atoms with Crippen molar-refractivity contribution in [3.63, 3.8) is 0 Å². The number of nitrogen functional groups attached to an aromatic ring is 1. The molecule has 0 unspecified atom stereocenters. The van der Waals surface area contributed by atoms with E-state index >= 15 is 0 Å². The highest BCUT2D eigenvalue weighted by Crippen LogP contribution is 2.39. The number of benzene rings is 1. The third-order valence-corrected chi connectivity index (χ3v) is 2.07. The lowest BCUT2D eigenvalue weighted by Gasteiger charge is -2.15. The molecule has 0 spiro atoms. The van der Waals surface area contributed by atoms with Crippen LogP contribution in [0.2, 0.25) is 0 Å². The van der Waals surface area contributed by atoms with E-state index in [0.29, 0.717) is 6.07 Å². The van der Waals surface area contributed by atoms with Gasteiger partial charge in [0.15, 0.2) is 5.78 Å². The van der Waals surface area contributed by atoms with Crippen molar-refractivity contribution in [3.8, 4) is 5.75 Å². The summed E-state index contributed by atoms with van der Waals surface area (Å²) in [5, 5.41) is 0. The molecule has 0 bridgehead atoms. The summed E-state index contributed by atoms with van der Waals surface area (Å²) < 4.78 is 65.6. The van der Waals surface area contributed by atoms with Gasteiger partial charge in [-0.15, -0.1) is 0 Å². The van der Waals surface area contributed by atoms with E-state index in [4.69, 9.17) is 5.73 Å². The van der Waals surface area contributed by atoms with Crippen LogP contribution in [0.15, 0.2) is 12.1 Å². The van der Waals surface area contributed by atoms with Gasteiger partial charge in [0, 0.05) is 5.56 Å². The Morgan fingerprint density at radius 2 is 1.89 bits per heavy atom. The molecule has 2 N–H and O–H groups in total. The van der Waals surface area contributed by atoms with E-state index in [2.05, 4.69) is 4.74 Å². The molecule has 8 heteroatoms. The number of ether oxygens (including phenoxy) is 1. The standard InChI is InChI=1S/C10H8F5NO2/c1-4(17)5-2-6(10(13,14)15)8(16)7(3-5)18-9(11)12/h2-3,9H,16H2,1H3. The van der Waals surface area contributed by atoms with Gasteiger partial charge in [0.25, 0.3) is 0 Å². The van der Waals surface area contributed by atoms with Crippen molar-refractivity contribution in [1.82, 2.24) is 0 Å². The number of hydrogen-bond acceptors (Lipinski definition) is 3. The van der Waals surface area contributed by atoms with Crippen LogP contribution in [-0.2, 0) is 6.18 Å². The predicted octanol–water partition coefficient (Wildman–Crippen LogP) is 3.09. The van der Waals surface area contributed by atoms with E-state index in [9.17, 15) is 26.7 Å². The number of ketones is 1. The lowest BCUT2D eigenvalue weighted by Crippen LogP contribution is -2.14. The van der Waals surface area contributed by atoms with E-state index in [1.165, 1.54) is 0 Å². The van der Waals surface area contributed by atoms with Gasteiger partial charge in [0.05, 0.1) is 11.3 Å². The first kappa shape index (κ1) is 14.2. The van der Waals surface area contributed by atoms with Crippen molar-refractivity contribution in [2.45, 2.75) is 19.7 Å². The molecule has 18 heavy (non-hydrogen) atoms. The van der Waals surface area contributed by atoms with E-state index < -0.39 is 41.1 Å². The van der Waals surface area contributed by atoms with Gasteiger partial charge >= 0.3 is 12.8 Å². The molecule has 0 radical (unpaired) electrons. The summed E-state index contributed by atoms with van der Waals surface area (Å²) in [6.45, 7) is -2.34. The average molecular weight is 269 g/mol. The van der Waals surface area contributed by atoms with Crippen LogP contribution in [0.25, 0.3) is 0 Å². The molecule has 3 nitrogen and oxygen atoms in total. The Balaban J connectivity index is 3.43. The third-order valence-electron chi connectivity index (χ3n) is 2.07. The zero-order chi connectivity index (χ0) is 14.1. The lowest BCUT2D eigenvalue weighted by molar-refractivity contribution is -0.137. The molecule has 100 valence electrons. The molecule has 0 fully saturated rings. The third kappa shape index (κ3) is 3.08. The Bertz CT molecular complexity index is 470. The topological polar surface area (TPSA) is 52.3 Å². The molecule has 0 atom stereocenters. The maximum absolute atomic E-state index is 12.6. The summed E-state index contributed by atoms with van der Waals surface area (Å²) in [6, 6.07) is 1.25. The van der Waals surface area contributed by atoms with Crippen LogP contribution in [0.5, 0.6) is 5.75 Å². The van der Waals surface area contributed by atoms with Crippen LogP contribution in [-0.4, -0.2) is 12.4 Å². The Labute approximate surface area is 98.3 Å². The monoisotopic (exact) mass is 269 g/mol. The van der Waals surface area contributed by atoms with Crippen molar-refractivity contribution in [3.05, 3.63) is 23.3 Å². The second-order valence-electron chi connectivity index (χ2n) is 3.37. The van der Waals surface area contributed by atoms with Crippen molar-refractivity contribution in [2.24, 2.45) is 0 Å². The highest BCUT2D eigenvalue weighted by atomic mass is 19.4. The predicted molar refractivity (Wildman–Crippen MR) is 52.5 cm³/mol. The smallest absolute Gasteiger partial charge is 0.418 e. The molecule has 0 aliphatic rings. The average Bonchev–Trinajstić information content (AvgIpc) is 2.18. The molecule has 1 aromatic carbocycles. The zero-order valence-electron chi connectivity index (χ0n) is 9.02. The molecular weight excluding hydrogens is 261 g/mol. The van der Waals surface area contributed by atoms with Gasteiger partial charge in [0.1, 0.15) is 5.75 Å². The summed E-state index contributed by atoms with van der Waals surface area (Å²) in [7, 11) is 0. The summed E-state index contributed by atoms with van der Waals surface area (Å²) in [5.74, 6) is -1.59. The van der Waals surface area contributed by atoms with Crippen LogP contribution < -0.4 is 10.5 Å². The van der Waals surface area contributed by atoms with Crippen LogP contribution in [0, 0.1) is 0 Å². The quantitative estimate of drug-likeness (QED) is 0.521. The van der Waals surface area contributed by atoms with Gasteiger partial charge in [0.2, 0.25) is 0 Å². The molecule has 0 saturated carbocycles. The summed E-state index contributed by atoms with van der Waals surface area (Å²) in [5.41, 5.74) is 2.32. The number of carbonyl (C=O) groups excluding carboxylic acids is 1. The number of alkyl halides is 5. The van der Waals surface area contributed by atoms with Crippen molar-refractivity contribution < 1.29 is 31.5 Å². The number of carbonyl (C=O) groups is 1. The van der Waals surface area contributed by atoms with Crippen LogP contribution in [0.1, 0.15) is 22.8 Å². The molecule has 0 aromatic heterocycles. The van der Waals surface area contributed by atoms with Gasteiger partial charge in [-0.25, -0.2) is 0 Å². The minimum absolute atomic E-state index is 0.410. The van der Waals surface area contributed by atoms with Gasteiger partial charge in [-0.1, -0.05) is 0 Å². The normalized spacial score (nSPS) is 11.7. The Hall–Kier alpha value is -1.86. The molecule has 1 aromatic rings. The molecule has 0 saturated heterocycles. The van der Waals surface area contributed by atoms with Gasteiger partial charge in [-0.2, -0.15) is 22.0 Å². The first-order valence-corrected chi connectivity index (χ1v) is 4.59. The fourth-order valence-corrected chi connectivity index (χ4v) is 1.26. The number of nitrogens with two attached hydrogens (primary N) is 1. The summed E-state index contributed by atoms with van der Waals surface area (Å²) in [6.07, 6.45) is -4.87. The SMILES string of the molecule is CC(=O)c1cc(OC(F)F)c(N)c(C(F)(F)F)c1. The minimum atomic E-state index is -4.87. The number of hydrogen-bond donors (Lipinski definition) is 1. The Morgan fingerprint density at radius 3 is 2.28 bits per heavy atom. The van der Waals surface area contributed by atoms with Gasteiger partial charge in [-0.3, -0.25) is 4.79 Å². The van der Waals surface area contributed by atoms with E-state index in [-0.39, 0.29) is 0 Å². The summed E-state index contributed by atoms with van der Waals surface area (Å²) >= 11 is 0. The van der Waals surface area contributed by atoms with Crippen LogP contribution in [0.4, 0.5) is 27.6 Å². The van der Waals surface area contributed by atoms with E-state index in [0.717, 1.165) is 13.0 Å². The highest BCUT2D eigenvalue weighted by Gasteiger charge is 2.35. The molecule has 0 aliphatic heterocycles. The molecular formula is C10H8F5NO2. The number of Topliss-reactive ketones (excluding diaryl/α,β-unsaturated/α-hetero) is 1. The van der Waals surface area contributed by atoms with Crippen LogP contribution >= 0.6 is 0 Å². The number of anilines is 1. The van der Waals surface area contributed by atoms with Crippen molar-refractivity contribution in [1.29, 1.82) is 0 Å². The fraction of sp³-hybridized carbons (Fsp3) is 0.300. The zero-order valence-corrected chi connectivity index (χ0v) is 9.02. The second-order valence-corrected chi connectivity index (χ2v) is 3.37. The number of rotatable bonds is 3. The van der Waals surface area contributed by atoms with E-state index in [1.807, 2.05) is 0 Å². The molecule has 0 aliphatic carbocycles. The maximum atomic E-state index is 12.6. The lowest BCUT2D eigenvalue weighted by atomic mass is 10.0. The van der Waals surface area contributed by atoms with Crippen molar-refractivity contribution in [2.75, 3.05) is 5.73 Å². The van der Waals surface area contributed by atoms with Crippen molar-refractivity contribution >= 4 is 11.5 Å². The minimum Gasteiger partial charge on any atom is -0.433 e.